The summed E-state index contributed by atoms with van der Waals surface area (Å²) < 4.78 is 3.96. The van der Waals surface area contributed by atoms with Gasteiger partial charge in [-0.1, -0.05) is 0 Å². The molecule has 1 aliphatic carbocycles. The van der Waals surface area contributed by atoms with Crippen LogP contribution in [0.3, 0.4) is 0 Å². The first-order valence-electron chi connectivity index (χ1n) is 4.07. The summed E-state index contributed by atoms with van der Waals surface area (Å²) in [7, 11) is 0. The second kappa shape index (κ2) is 3.84. The van der Waals surface area contributed by atoms with E-state index >= 15 is 0 Å². The van der Waals surface area contributed by atoms with Crippen LogP contribution in [-0.4, -0.2) is 15.3 Å². The van der Waals surface area contributed by atoms with E-state index in [9.17, 15) is 4.79 Å². The third-order valence-corrected chi connectivity index (χ3v) is 5.04. The molecule has 1 aromatic rings. The molecule has 0 bridgehead atoms. The highest BCUT2D eigenvalue weighted by atomic mass is 127. The van der Waals surface area contributed by atoms with Crippen molar-refractivity contribution in [2.75, 3.05) is 0 Å². The van der Waals surface area contributed by atoms with Crippen LogP contribution in [0.2, 0.25) is 0 Å². The van der Waals surface area contributed by atoms with Gasteiger partial charge < -0.3 is 4.57 Å². The molecule has 0 unspecified atom stereocenters. The Balaban J connectivity index is 2.08. The first-order valence-corrected chi connectivity index (χ1v) is 6.23. The monoisotopic (exact) mass is 402 g/mol. The van der Waals surface area contributed by atoms with Crippen LogP contribution in [0.5, 0.6) is 0 Å². The van der Waals surface area contributed by atoms with Crippen molar-refractivity contribution in [3.05, 3.63) is 13.7 Å². The molecule has 2 rings (SSSR count). The van der Waals surface area contributed by atoms with Gasteiger partial charge in [0.1, 0.15) is 7.40 Å². The lowest BCUT2D eigenvalue weighted by molar-refractivity contribution is -0.120. The molecule has 13 heavy (non-hydrogen) atoms. The molecule has 0 radical (unpaired) electrons. The second-order valence-electron chi connectivity index (χ2n) is 3.19. The number of Topliss-reactive ketones (excluding diaryl/α,β-unsaturated/α-hetero) is 1. The molecule has 1 aromatic heterocycles. The molecule has 0 spiro atoms. The van der Waals surface area contributed by atoms with E-state index in [-0.39, 0.29) is 0 Å². The molecule has 1 fully saturated rings. The molecule has 0 aliphatic heterocycles. The summed E-state index contributed by atoms with van der Waals surface area (Å²) >= 11 is 4.39. The number of hydrogen-bond donors (Lipinski definition) is 0. The van der Waals surface area contributed by atoms with Crippen molar-refractivity contribution < 1.29 is 4.79 Å². The van der Waals surface area contributed by atoms with Gasteiger partial charge in [-0.2, -0.15) is 0 Å². The maximum absolute atomic E-state index is 11.5. The largest absolute Gasteiger partial charge is 0.318 e. The number of aromatic nitrogens is 2. The predicted molar refractivity (Wildman–Crippen MR) is 65.4 cm³/mol. The maximum Gasteiger partial charge on any atom is 0.155 e. The van der Waals surface area contributed by atoms with Crippen LogP contribution < -0.4 is 0 Å². The molecule has 0 atom stereocenters. The van der Waals surface area contributed by atoms with Gasteiger partial charge >= 0.3 is 0 Å². The van der Waals surface area contributed by atoms with E-state index in [1.807, 2.05) is 4.57 Å². The van der Waals surface area contributed by atoms with E-state index in [1.54, 1.807) is 6.33 Å². The minimum Gasteiger partial charge on any atom is -0.318 e. The predicted octanol–water partition coefficient (Wildman–Crippen LogP) is 2.07. The Bertz CT molecular complexity index is 344. The van der Waals surface area contributed by atoms with Crippen molar-refractivity contribution in [2.45, 2.75) is 19.4 Å². The molecule has 0 aromatic carbocycles. The van der Waals surface area contributed by atoms with E-state index < -0.39 is 0 Å². The minimum absolute atomic E-state index is 0.343. The van der Waals surface area contributed by atoms with Crippen molar-refractivity contribution in [3.8, 4) is 0 Å². The minimum atomic E-state index is 0.343. The first-order chi connectivity index (χ1) is 6.18. The van der Waals surface area contributed by atoms with Gasteiger partial charge in [0, 0.05) is 5.92 Å². The molecule has 70 valence electrons. The average Bonchev–Trinajstić information content (AvgIpc) is 2.89. The molecule has 5 heteroatoms. The van der Waals surface area contributed by atoms with Crippen molar-refractivity contribution in [1.29, 1.82) is 0 Å². The lowest BCUT2D eigenvalue weighted by atomic mass is 10.3. The van der Waals surface area contributed by atoms with E-state index in [0.29, 0.717) is 18.2 Å². The quantitative estimate of drug-likeness (QED) is 0.727. The highest BCUT2D eigenvalue weighted by Gasteiger charge is 2.29. The number of halogens is 2. The summed E-state index contributed by atoms with van der Waals surface area (Å²) in [5.41, 5.74) is 0. The SMILES string of the molecule is O=C(Cn1cnc(I)c1I)C1CC1. The molecule has 0 saturated heterocycles. The smallest absolute Gasteiger partial charge is 0.155 e. The Hall–Kier alpha value is 0.340. The Morgan fingerprint density at radius 2 is 2.31 bits per heavy atom. The zero-order valence-corrected chi connectivity index (χ0v) is 11.1. The number of rotatable bonds is 3. The summed E-state index contributed by atoms with van der Waals surface area (Å²) in [4.78, 5) is 15.6. The van der Waals surface area contributed by atoms with Crippen LogP contribution in [0, 0.1) is 13.3 Å². The van der Waals surface area contributed by atoms with Crippen molar-refractivity contribution in [3.63, 3.8) is 0 Å². The standard InChI is InChI=1S/C8H8I2N2O/c9-7-8(10)12(4-11-7)3-6(13)5-1-2-5/h4-5H,1-3H2. The number of carbonyl (C=O) groups excluding carboxylic acids is 1. The van der Waals surface area contributed by atoms with Crippen LogP contribution in [-0.2, 0) is 11.3 Å². The molecule has 1 heterocycles. The number of imidazole rings is 1. The molecule has 1 saturated carbocycles. The Kier molecular flexibility index (Phi) is 2.91. The van der Waals surface area contributed by atoms with Gasteiger partial charge in [0.15, 0.2) is 5.78 Å². The lowest BCUT2D eigenvalue weighted by Gasteiger charge is -2.01. The molecule has 0 N–H and O–H groups in total. The fraction of sp³-hybridized carbons (Fsp3) is 0.500. The van der Waals surface area contributed by atoms with Crippen LogP contribution in [0.4, 0.5) is 0 Å². The third kappa shape index (κ3) is 2.23. The Morgan fingerprint density at radius 3 is 2.77 bits per heavy atom. The molecular weight excluding hydrogens is 394 g/mol. The summed E-state index contributed by atoms with van der Waals surface area (Å²) in [6, 6.07) is 0. The number of hydrogen-bond acceptors (Lipinski definition) is 2. The maximum atomic E-state index is 11.5. The van der Waals surface area contributed by atoms with Crippen LogP contribution in [0.25, 0.3) is 0 Å². The summed E-state index contributed by atoms with van der Waals surface area (Å²) in [6.07, 6.45) is 3.91. The van der Waals surface area contributed by atoms with Crippen LogP contribution in [0.1, 0.15) is 12.8 Å². The zero-order chi connectivity index (χ0) is 9.42. The van der Waals surface area contributed by atoms with Crippen LogP contribution >= 0.6 is 45.2 Å². The van der Waals surface area contributed by atoms with Gasteiger partial charge in [0.25, 0.3) is 0 Å². The molecule has 3 nitrogen and oxygen atoms in total. The summed E-state index contributed by atoms with van der Waals surface area (Å²) in [5.74, 6) is 0.697. The highest BCUT2D eigenvalue weighted by Crippen LogP contribution is 2.30. The van der Waals surface area contributed by atoms with Crippen molar-refractivity contribution in [2.24, 2.45) is 5.92 Å². The van der Waals surface area contributed by atoms with E-state index in [2.05, 4.69) is 50.2 Å². The molecular formula is C8H8I2N2O. The zero-order valence-electron chi connectivity index (χ0n) is 6.83. The van der Waals surface area contributed by atoms with Gasteiger partial charge in [0.2, 0.25) is 0 Å². The van der Waals surface area contributed by atoms with E-state index in [1.165, 1.54) is 0 Å². The Labute approximate surface area is 104 Å². The fourth-order valence-electron chi connectivity index (χ4n) is 1.16. The van der Waals surface area contributed by atoms with E-state index in [4.69, 9.17) is 0 Å². The first kappa shape index (κ1) is 9.88. The number of carbonyl (C=O) groups is 1. The lowest BCUT2D eigenvalue weighted by Crippen LogP contribution is -2.12. The van der Waals surface area contributed by atoms with Gasteiger partial charge in [-0.05, 0) is 58.0 Å². The number of ketones is 1. The molecule has 1 aliphatic rings. The molecule has 0 amide bonds. The topological polar surface area (TPSA) is 34.9 Å². The van der Waals surface area contributed by atoms with Gasteiger partial charge in [-0.15, -0.1) is 0 Å². The normalized spacial score (nSPS) is 16.2. The van der Waals surface area contributed by atoms with Gasteiger partial charge in [0.05, 0.1) is 12.9 Å². The highest BCUT2D eigenvalue weighted by molar-refractivity contribution is 14.1. The number of nitrogens with zero attached hydrogens (tertiary/aromatic N) is 2. The van der Waals surface area contributed by atoms with Crippen molar-refractivity contribution >= 4 is 51.0 Å². The van der Waals surface area contributed by atoms with Gasteiger partial charge in [-0.3, -0.25) is 4.79 Å². The van der Waals surface area contributed by atoms with E-state index in [0.717, 1.165) is 20.2 Å². The average molecular weight is 402 g/mol. The van der Waals surface area contributed by atoms with Crippen molar-refractivity contribution in [1.82, 2.24) is 9.55 Å². The summed E-state index contributed by atoms with van der Waals surface area (Å²) in [5, 5.41) is 0. The third-order valence-electron chi connectivity index (χ3n) is 2.09. The second-order valence-corrected chi connectivity index (χ2v) is 5.24. The Morgan fingerprint density at radius 1 is 1.62 bits per heavy atom. The van der Waals surface area contributed by atoms with Gasteiger partial charge in [-0.25, -0.2) is 4.98 Å². The fourth-order valence-corrected chi connectivity index (χ4v) is 2.02. The van der Waals surface area contributed by atoms with Crippen LogP contribution in [0.15, 0.2) is 6.33 Å². The summed E-state index contributed by atoms with van der Waals surface area (Å²) in [6.45, 7) is 0.499.